The minimum atomic E-state index is -0.0393. The van der Waals surface area contributed by atoms with Gasteiger partial charge in [-0.05, 0) is 26.3 Å². The molecule has 1 aromatic heterocycles. The van der Waals surface area contributed by atoms with Gasteiger partial charge in [0.05, 0.1) is 6.10 Å². The molecule has 0 saturated heterocycles. The van der Waals surface area contributed by atoms with Crippen molar-refractivity contribution in [1.82, 2.24) is 4.98 Å². The highest BCUT2D eigenvalue weighted by Crippen LogP contribution is 2.22. The van der Waals surface area contributed by atoms with Gasteiger partial charge in [-0.3, -0.25) is 0 Å². The van der Waals surface area contributed by atoms with Gasteiger partial charge in [0.15, 0.2) is 0 Å². The first kappa shape index (κ1) is 12.0. The van der Waals surface area contributed by atoms with Crippen LogP contribution < -0.4 is 10.5 Å². The number of rotatable bonds is 5. The van der Waals surface area contributed by atoms with Crippen molar-refractivity contribution < 1.29 is 4.74 Å². The van der Waals surface area contributed by atoms with Crippen molar-refractivity contribution in [2.24, 2.45) is 5.73 Å². The summed E-state index contributed by atoms with van der Waals surface area (Å²) in [5.41, 5.74) is 6.82. The molecule has 1 rings (SSSR count). The quantitative estimate of drug-likeness (QED) is 0.809. The average molecular weight is 208 g/mol. The fourth-order valence-corrected chi connectivity index (χ4v) is 1.50. The van der Waals surface area contributed by atoms with Gasteiger partial charge in [0, 0.05) is 17.8 Å². The van der Waals surface area contributed by atoms with E-state index in [9.17, 15) is 0 Å². The van der Waals surface area contributed by atoms with Crippen molar-refractivity contribution in [2.75, 3.05) is 0 Å². The number of nitrogens with zero attached hydrogens (tertiary/aromatic N) is 1. The van der Waals surface area contributed by atoms with E-state index in [1.165, 1.54) is 0 Å². The van der Waals surface area contributed by atoms with Crippen LogP contribution in [0.1, 0.15) is 45.2 Å². The van der Waals surface area contributed by atoms with Crippen molar-refractivity contribution in [3.8, 4) is 5.88 Å². The van der Waals surface area contributed by atoms with E-state index in [0.29, 0.717) is 5.88 Å². The van der Waals surface area contributed by atoms with E-state index in [-0.39, 0.29) is 12.1 Å². The van der Waals surface area contributed by atoms with Gasteiger partial charge in [-0.25, -0.2) is 4.98 Å². The van der Waals surface area contributed by atoms with Gasteiger partial charge in [0.1, 0.15) is 0 Å². The van der Waals surface area contributed by atoms with Crippen molar-refractivity contribution in [1.29, 1.82) is 0 Å². The molecule has 1 heterocycles. The summed E-state index contributed by atoms with van der Waals surface area (Å²) in [6.45, 7) is 6.14. The minimum absolute atomic E-state index is 0.0393. The van der Waals surface area contributed by atoms with Gasteiger partial charge in [0.25, 0.3) is 0 Å². The van der Waals surface area contributed by atoms with Crippen LogP contribution in [0.2, 0.25) is 0 Å². The third-order valence-electron chi connectivity index (χ3n) is 2.30. The van der Waals surface area contributed by atoms with Crippen LogP contribution in [0.25, 0.3) is 0 Å². The molecule has 0 radical (unpaired) electrons. The van der Waals surface area contributed by atoms with Crippen LogP contribution >= 0.6 is 0 Å². The van der Waals surface area contributed by atoms with Crippen molar-refractivity contribution in [3.63, 3.8) is 0 Å². The van der Waals surface area contributed by atoms with Crippen molar-refractivity contribution >= 4 is 0 Å². The van der Waals surface area contributed by atoms with E-state index in [4.69, 9.17) is 10.5 Å². The fourth-order valence-electron chi connectivity index (χ4n) is 1.50. The largest absolute Gasteiger partial charge is 0.474 e. The standard InChI is InChI=1S/C12H20N2O/c1-4-6-9(2)15-12-11(10(3)13)7-5-8-14-12/h5,7-10H,4,6,13H2,1-3H3/t9?,10-/m0/s1. The van der Waals surface area contributed by atoms with E-state index in [0.717, 1.165) is 18.4 Å². The van der Waals surface area contributed by atoms with Gasteiger partial charge < -0.3 is 10.5 Å². The van der Waals surface area contributed by atoms with Gasteiger partial charge in [-0.15, -0.1) is 0 Å². The molecule has 0 bridgehead atoms. The second-order valence-corrected chi connectivity index (χ2v) is 3.90. The third kappa shape index (κ3) is 3.51. The molecule has 0 aliphatic carbocycles. The molecule has 15 heavy (non-hydrogen) atoms. The lowest BCUT2D eigenvalue weighted by Crippen LogP contribution is -2.15. The zero-order chi connectivity index (χ0) is 11.3. The number of pyridine rings is 1. The summed E-state index contributed by atoms with van der Waals surface area (Å²) in [7, 11) is 0. The van der Waals surface area contributed by atoms with E-state index >= 15 is 0 Å². The topological polar surface area (TPSA) is 48.1 Å². The second-order valence-electron chi connectivity index (χ2n) is 3.90. The monoisotopic (exact) mass is 208 g/mol. The Morgan fingerprint density at radius 2 is 2.20 bits per heavy atom. The Morgan fingerprint density at radius 3 is 2.80 bits per heavy atom. The summed E-state index contributed by atoms with van der Waals surface area (Å²) in [5, 5.41) is 0. The molecule has 1 aromatic rings. The Bertz CT molecular complexity index is 299. The SMILES string of the molecule is CCCC(C)Oc1ncccc1[C@H](C)N. The van der Waals surface area contributed by atoms with E-state index in [1.807, 2.05) is 19.1 Å². The maximum Gasteiger partial charge on any atom is 0.218 e. The molecule has 0 aromatic carbocycles. The van der Waals surface area contributed by atoms with Crippen LogP contribution in [0.4, 0.5) is 0 Å². The third-order valence-corrected chi connectivity index (χ3v) is 2.30. The molecule has 0 aliphatic rings. The normalized spacial score (nSPS) is 14.7. The highest BCUT2D eigenvalue weighted by atomic mass is 16.5. The maximum absolute atomic E-state index is 5.84. The molecular formula is C12H20N2O. The maximum atomic E-state index is 5.84. The average Bonchev–Trinajstić information content (AvgIpc) is 2.18. The first-order valence-electron chi connectivity index (χ1n) is 5.52. The zero-order valence-electron chi connectivity index (χ0n) is 9.73. The van der Waals surface area contributed by atoms with Gasteiger partial charge >= 0.3 is 0 Å². The van der Waals surface area contributed by atoms with Gasteiger partial charge in [-0.2, -0.15) is 0 Å². The minimum Gasteiger partial charge on any atom is -0.474 e. The Morgan fingerprint density at radius 1 is 1.47 bits per heavy atom. The lowest BCUT2D eigenvalue weighted by Gasteiger charge is -2.17. The van der Waals surface area contributed by atoms with E-state index in [1.54, 1.807) is 6.20 Å². The molecule has 0 aliphatic heterocycles. The molecule has 1 unspecified atom stereocenters. The molecular weight excluding hydrogens is 188 g/mol. The van der Waals surface area contributed by atoms with E-state index < -0.39 is 0 Å². The van der Waals surface area contributed by atoms with Crippen LogP contribution in [0.15, 0.2) is 18.3 Å². The second kappa shape index (κ2) is 5.71. The van der Waals surface area contributed by atoms with Crippen LogP contribution in [0.5, 0.6) is 5.88 Å². The zero-order valence-corrected chi connectivity index (χ0v) is 9.73. The number of aromatic nitrogens is 1. The highest BCUT2D eigenvalue weighted by Gasteiger charge is 2.11. The number of nitrogens with two attached hydrogens (primary N) is 1. The first-order chi connectivity index (χ1) is 7.15. The summed E-state index contributed by atoms with van der Waals surface area (Å²) < 4.78 is 5.76. The Kier molecular flexibility index (Phi) is 4.56. The molecule has 0 saturated carbocycles. The fraction of sp³-hybridized carbons (Fsp3) is 0.583. The summed E-state index contributed by atoms with van der Waals surface area (Å²) in [4.78, 5) is 4.22. The summed E-state index contributed by atoms with van der Waals surface area (Å²) in [6, 6.07) is 3.81. The summed E-state index contributed by atoms with van der Waals surface area (Å²) in [5.74, 6) is 0.674. The van der Waals surface area contributed by atoms with Crippen molar-refractivity contribution in [3.05, 3.63) is 23.9 Å². The predicted molar refractivity (Wildman–Crippen MR) is 61.8 cm³/mol. The van der Waals surface area contributed by atoms with Crippen LogP contribution in [0, 0.1) is 0 Å². The smallest absolute Gasteiger partial charge is 0.218 e. The summed E-state index contributed by atoms with van der Waals surface area (Å²) >= 11 is 0. The van der Waals surface area contributed by atoms with Gasteiger partial charge in [-0.1, -0.05) is 19.4 Å². The van der Waals surface area contributed by atoms with Crippen LogP contribution in [-0.4, -0.2) is 11.1 Å². The Labute approximate surface area is 91.7 Å². The lowest BCUT2D eigenvalue weighted by atomic mass is 10.1. The molecule has 2 atom stereocenters. The first-order valence-corrected chi connectivity index (χ1v) is 5.52. The molecule has 3 heteroatoms. The number of ether oxygens (including phenoxy) is 1. The van der Waals surface area contributed by atoms with Crippen molar-refractivity contribution in [2.45, 2.75) is 45.8 Å². The van der Waals surface area contributed by atoms with E-state index in [2.05, 4.69) is 18.8 Å². The molecule has 0 fully saturated rings. The molecule has 2 N–H and O–H groups in total. The molecule has 3 nitrogen and oxygen atoms in total. The van der Waals surface area contributed by atoms with Gasteiger partial charge in [0.2, 0.25) is 5.88 Å². The number of hydrogen-bond acceptors (Lipinski definition) is 3. The molecule has 0 spiro atoms. The molecule has 84 valence electrons. The summed E-state index contributed by atoms with van der Waals surface area (Å²) in [6.07, 6.45) is 4.08. The predicted octanol–water partition coefficient (Wildman–Crippen LogP) is 2.67. The molecule has 0 amide bonds. The number of hydrogen-bond donors (Lipinski definition) is 1. The van der Waals surface area contributed by atoms with Crippen LogP contribution in [-0.2, 0) is 0 Å². The van der Waals surface area contributed by atoms with Crippen LogP contribution in [0.3, 0.4) is 0 Å². The Hall–Kier alpha value is -1.09. The Balaban J connectivity index is 2.75. The lowest BCUT2D eigenvalue weighted by molar-refractivity contribution is 0.198. The highest BCUT2D eigenvalue weighted by molar-refractivity contribution is 5.28.